The van der Waals surface area contributed by atoms with Gasteiger partial charge in [-0.05, 0) is 5.92 Å². The molecular weight excluding hydrogens is 230 g/mol. The minimum absolute atomic E-state index is 0.219. The van der Waals surface area contributed by atoms with Gasteiger partial charge in [-0.15, -0.1) is 0 Å². The van der Waals surface area contributed by atoms with Gasteiger partial charge in [0.05, 0.1) is 6.61 Å². The summed E-state index contributed by atoms with van der Waals surface area (Å²) in [6.07, 6.45) is 2.51. The van der Waals surface area contributed by atoms with E-state index >= 15 is 0 Å². The molecule has 1 fully saturated rings. The largest absolute Gasteiger partial charge is 0.378 e. The lowest BCUT2D eigenvalue weighted by Crippen LogP contribution is -2.39. The Hall–Kier alpha value is -1.20. The first kappa shape index (κ1) is 13.2. The maximum Gasteiger partial charge on any atom is 0.129 e. The fourth-order valence-corrected chi connectivity index (χ4v) is 2.00. The molecule has 0 spiro atoms. The number of nitrogens with zero attached hydrogens (tertiary/aromatic N) is 2. The zero-order chi connectivity index (χ0) is 13.0. The van der Waals surface area contributed by atoms with Gasteiger partial charge in [-0.25, -0.2) is 9.97 Å². The molecule has 0 amide bonds. The number of ether oxygens (including phenoxy) is 2. The van der Waals surface area contributed by atoms with E-state index in [1.807, 2.05) is 6.07 Å². The average Bonchev–Trinajstić information content (AvgIpc) is 2.86. The van der Waals surface area contributed by atoms with Gasteiger partial charge in [-0.1, -0.05) is 13.8 Å². The topological polar surface area (TPSA) is 56.3 Å². The Morgan fingerprint density at radius 3 is 2.94 bits per heavy atom. The Labute approximate surface area is 108 Å². The van der Waals surface area contributed by atoms with Crippen LogP contribution >= 0.6 is 0 Å². The molecule has 1 saturated heterocycles. The van der Waals surface area contributed by atoms with Gasteiger partial charge in [0.15, 0.2) is 0 Å². The molecule has 1 N–H and O–H groups in total. The van der Waals surface area contributed by atoms with Gasteiger partial charge in [-0.3, -0.25) is 0 Å². The van der Waals surface area contributed by atoms with Gasteiger partial charge in [0, 0.05) is 38.4 Å². The highest BCUT2D eigenvalue weighted by Gasteiger charge is 2.34. The van der Waals surface area contributed by atoms with E-state index in [9.17, 15) is 0 Å². The zero-order valence-electron chi connectivity index (χ0n) is 11.3. The van der Waals surface area contributed by atoms with Crippen molar-refractivity contribution in [3.05, 3.63) is 18.1 Å². The SMILES string of the molecule is COC1(CNc2cc(C(C)C)ncn2)CCOC1. The number of hydrogen-bond acceptors (Lipinski definition) is 5. The third-order valence-corrected chi connectivity index (χ3v) is 3.37. The highest BCUT2D eigenvalue weighted by Crippen LogP contribution is 2.23. The fourth-order valence-electron chi connectivity index (χ4n) is 2.00. The first-order chi connectivity index (χ1) is 8.65. The van der Waals surface area contributed by atoms with E-state index in [0.29, 0.717) is 19.1 Å². The van der Waals surface area contributed by atoms with Crippen molar-refractivity contribution in [2.45, 2.75) is 31.8 Å². The molecule has 5 heteroatoms. The average molecular weight is 251 g/mol. The van der Waals surface area contributed by atoms with E-state index in [1.54, 1.807) is 13.4 Å². The van der Waals surface area contributed by atoms with Crippen LogP contribution < -0.4 is 5.32 Å². The summed E-state index contributed by atoms with van der Waals surface area (Å²) in [6, 6.07) is 1.99. The molecule has 100 valence electrons. The maximum absolute atomic E-state index is 5.57. The summed E-state index contributed by atoms with van der Waals surface area (Å²) in [5, 5.41) is 3.32. The second kappa shape index (κ2) is 5.63. The van der Waals surface area contributed by atoms with Crippen LogP contribution in [0, 0.1) is 0 Å². The lowest BCUT2D eigenvalue weighted by atomic mass is 10.0. The van der Waals surface area contributed by atoms with E-state index in [1.165, 1.54) is 0 Å². The summed E-state index contributed by atoms with van der Waals surface area (Å²) in [5.41, 5.74) is 0.824. The third-order valence-electron chi connectivity index (χ3n) is 3.37. The van der Waals surface area contributed by atoms with Crippen molar-refractivity contribution in [2.75, 3.05) is 32.2 Å². The van der Waals surface area contributed by atoms with Crippen molar-refractivity contribution >= 4 is 5.82 Å². The molecule has 0 bridgehead atoms. The number of anilines is 1. The standard InChI is InChI=1S/C13H21N3O2/c1-10(2)11-6-12(16-9-15-11)14-7-13(17-3)4-5-18-8-13/h6,9-10H,4-5,7-8H2,1-3H3,(H,14,15,16). The van der Waals surface area contributed by atoms with E-state index in [4.69, 9.17) is 9.47 Å². The fraction of sp³-hybridized carbons (Fsp3) is 0.692. The van der Waals surface area contributed by atoms with E-state index in [-0.39, 0.29) is 5.60 Å². The number of nitrogens with one attached hydrogen (secondary N) is 1. The highest BCUT2D eigenvalue weighted by atomic mass is 16.5. The van der Waals surface area contributed by atoms with E-state index in [0.717, 1.165) is 24.5 Å². The lowest BCUT2D eigenvalue weighted by Gasteiger charge is -2.26. The normalized spacial score (nSPS) is 23.6. The molecule has 5 nitrogen and oxygen atoms in total. The molecule has 1 aliphatic heterocycles. The van der Waals surface area contributed by atoms with Gasteiger partial charge < -0.3 is 14.8 Å². The molecule has 1 atom stereocenters. The molecule has 2 rings (SSSR count). The minimum Gasteiger partial charge on any atom is -0.378 e. The number of hydrogen-bond donors (Lipinski definition) is 1. The van der Waals surface area contributed by atoms with Gasteiger partial charge in [0.1, 0.15) is 17.7 Å². The molecule has 0 radical (unpaired) electrons. The Kier molecular flexibility index (Phi) is 4.14. The number of methoxy groups -OCH3 is 1. The smallest absolute Gasteiger partial charge is 0.129 e. The zero-order valence-corrected chi connectivity index (χ0v) is 11.3. The van der Waals surface area contributed by atoms with Crippen LogP contribution in [0.4, 0.5) is 5.82 Å². The summed E-state index contributed by atoms with van der Waals surface area (Å²) in [7, 11) is 1.73. The highest BCUT2D eigenvalue weighted by molar-refractivity contribution is 5.36. The second-order valence-corrected chi connectivity index (χ2v) is 5.03. The minimum atomic E-state index is -0.219. The Bertz CT molecular complexity index is 390. The molecule has 0 aliphatic carbocycles. The van der Waals surface area contributed by atoms with Crippen LogP contribution in [0.5, 0.6) is 0 Å². The number of rotatable bonds is 5. The molecule has 0 saturated carbocycles. The van der Waals surface area contributed by atoms with Crippen molar-refractivity contribution in [3.63, 3.8) is 0 Å². The van der Waals surface area contributed by atoms with E-state index < -0.39 is 0 Å². The first-order valence-electron chi connectivity index (χ1n) is 6.34. The van der Waals surface area contributed by atoms with Crippen LogP contribution in [0.15, 0.2) is 12.4 Å². The second-order valence-electron chi connectivity index (χ2n) is 5.03. The summed E-state index contributed by atoms with van der Waals surface area (Å²) in [5.74, 6) is 1.25. The van der Waals surface area contributed by atoms with Gasteiger partial charge >= 0.3 is 0 Å². The maximum atomic E-state index is 5.57. The van der Waals surface area contributed by atoms with Gasteiger partial charge in [0.2, 0.25) is 0 Å². The summed E-state index contributed by atoms with van der Waals surface area (Å²) < 4.78 is 11.0. The molecule has 1 aliphatic rings. The molecule has 0 aromatic carbocycles. The predicted molar refractivity (Wildman–Crippen MR) is 69.8 cm³/mol. The predicted octanol–water partition coefficient (Wildman–Crippen LogP) is 1.82. The Morgan fingerprint density at radius 2 is 2.33 bits per heavy atom. The monoisotopic (exact) mass is 251 g/mol. The molecular formula is C13H21N3O2. The van der Waals surface area contributed by atoms with Gasteiger partial charge in [0.25, 0.3) is 0 Å². The molecule has 18 heavy (non-hydrogen) atoms. The molecule has 1 aromatic rings. The van der Waals surface area contributed by atoms with Crippen LogP contribution in [0.2, 0.25) is 0 Å². The van der Waals surface area contributed by atoms with Crippen molar-refractivity contribution in [2.24, 2.45) is 0 Å². The van der Waals surface area contributed by atoms with Crippen molar-refractivity contribution in [1.82, 2.24) is 9.97 Å². The summed E-state index contributed by atoms with van der Waals surface area (Å²) in [6.45, 7) is 6.34. The lowest BCUT2D eigenvalue weighted by molar-refractivity contribution is -0.00625. The first-order valence-corrected chi connectivity index (χ1v) is 6.34. The quantitative estimate of drug-likeness (QED) is 0.865. The van der Waals surface area contributed by atoms with Crippen LogP contribution in [-0.2, 0) is 9.47 Å². The van der Waals surface area contributed by atoms with Crippen molar-refractivity contribution in [1.29, 1.82) is 0 Å². The van der Waals surface area contributed by atoms with Crippen LogP contribution in [0.25, 0.3) is 0 Å². The molecule has 2 heterocycles. The summed E-state index contributed by atoms with van der Waals surface area (Å²) in [4.78, 5) is 8.48. The Morgan fingerprint density at radius 1 is 1.50 bits per heavy atom. The van der Waals surface area contributed by atoms with Gasteiger partial charge in [-0.2, -0.15) is 0 Å². The van der Waals surface area contributed by atoms with Crippen molar-refractivity contribution in [3.8, 4) is 0 Å². The molecule has 1 aromatic heterocycles. The Balaban J connectivity index is 1.99. The van der Waals surface area contributed by atoms with Crippen LogP contribution in [0.3, 0.4) is 0 Å². The van der Waals surface area contributed by atoms with Crippen molar-refractivity contribution < 1.29 is 9.47 Å². The molecule has 1 unspecified atom stereocenters. The van der Waals surface area contributed by atoms with Crippen LogP contribution in [-0.4, -0.2) is 42.4 Å². The van der Waals surface area contributed by atoms with E-state index in [2.05, 4.69) is 29.1 Å². The van der Waals surface area contributed by atoms with Crippen LogP contribution in [0.1, 0.15) is 31.9 Å². The summed E-state index contributed by atoms with van der Waals surface area (Å²) >= 11 is 0. The number of aromatic nitrogens is 2. The third kappa shape index (κ3) is 2.97.